The second-order valence-corrected chi connectivity index (χ2v) is 5.57. The Hall–Kier alpha value is -1.46. The van der Waals surface area contributed by atoms with Gasteiger partial charge in [-0.2, -0.15) is 8.75 Å². The molecule has 1 fully saturated rings. The highest BCUT2D eigenvalue weighted by Gasteiger charge is 2.21. The van der Waals surface area contributed by atoms with Crippen molar-refractivity contribution in [2.45, 2.75) is 6.92 Å². The number of aryl methyl sites for hydroxylation is 1. The normalized spacial score (nSPS) is 16.8. The van der Waals surface area contributed by atoms with E-state index in [2.05, 4.69) is 56.8 Å². The molecule has 0 spiro atoms. The zero-order valence-electron chi connectivity index (χ0n) is 11.3. The second-order valence-electron chi connectivity index (χ2n) is 5.04. The standard InChI is InChI=1S/C14H18N4S/c1-11-5-3-4-6-12(11)13-14(16-19-15-13)18-9-7-17(2)8-10-18/h3-6H,7-10H2,1-2H3. The Labute approximate surface area is 118 Å². The van der Waals surface area contributed by atoms with Gasteiger partial charge in [0, 0.05) is 31.7 Å². The molecule has 5 heteroatoms. The highest BCUT2D eigenvalue weighted by Crippen LogP contribution is 2.31. The summed E-state index contributed by atoms with van der Waals surface area (Å²) < 4.78 is 9.04. The van der Waals surface area contributed by atoms with E-state index >= 15 is 0 Å². The van der Waals surface area contributed by atoms with E-state index < -0.39 is 0 Å². The van der Waals surface area contributed by atoms with Gasteiger partial charge in [0.15, 0.2) is 5.82 Å². The van der Waals surface area contributed by atoms with Crippen LogP contribution in [-0.4, -0.2) is 46.9 Å². The minimum absolute atomic E-state index is 1.03. The Kier molecular flexibility index (Phi) is 3.48. The third-order valence-electron chi connectivity index (χ3n) is 3.67. The Bertz CT molecular complexity index is 558. The number of hydrogen-bond donors (Lipinski definition) is 0. The van der Waals surface area contributed by atoms with E-state index in [1.54, 1.807) is 0 Å². The summed E-state index contributed by atoms with van der Waals surface area (Å²) in [5.41, 5.74) is 3.49. The van der Waals surface area contributed by atoms with Crippen LogP contribution in [0, 0.1) is 6.92 Å². The van der Waals surface area contributed by atoms with Crippen molar-refractivity contribution < 1.29 is 0 Å². The number of nitrogens with zero attached hydrogens (tertiary/aromatic N) is 4. The maximum atomic E-state index is 4.52. The van der Waals surface area contributed by atoms with Crippen molar-refractivity contribution in [2.24, 2.45) is 0 Å². The average Bonchev–Trinajstić information content (AvgIpc) is 2.89. The van der Waals surface area contributed by atoms with E-state index in [0.29, 0.717) is 0 Å². The zero-order valence-corrected chi connectivity index (χ0v) is 12.2. The Morgan fingerprint density at radius 3 is 2.53 bits per heavy atom. The minimum atomic E-state index is 1.03. The van der Waals surface area contributed by atoms with Gasteiger partial charge in [0.25, 0.3) is 0 Å². The average molecular weight is 274 g/mol. The fraction of sp³-hybridized carbons (Fsp3) is 0.429. The summed E-state index contributed by atoms with van der Waals surface area (Å²) in [5.74, 6) is 1.05. The van der Waals surface area contributed by atoms with Crippen molar-refractivity contribution in [3.63, 3.8) is 0 Å². The van der Waals surface area contributed by atoms with Crippen molar-refractivity contribution >= 4 is 17.5 Å². The molecule has 19 heavy (non-hydrogen) atoms. The Morgan fingerprint density at radius 2 is 1.79 bits per heavy atom. The molecule has 0 aliphatic carbocycles. The first-order valence-corrected chi connectivity index (χ1v) is 7.31. The molecule has 0 atom stereocenters. The summed E-state index contributed by atoms with van der Waals surface area (Å²) in [6, 6.07) is 8.39. The van der Waals surface area contributed by atoms with E-state index in [9.17, 15) is 0 Å². The SMILES string of the molecule is Cc1ccccc1-c1nsnc1N1CCN(C)CC1. The third-order valence-corrected chi connectivity index (χ3v) is 4.19. The fourth-order valence-corrected chi connectivity index (χ4v) is 3.00. The number of anilines is 1. The van der Waals surface area contributed by atoms with Crippen molar-refractivity contribution in [3.8, 4) is 11.3 Å². The lowest BCUT2D eigenvalue weighted by molar-refractivity contribution is 0.312. The summed E-state index contributed by atoms with van der Waals surface area (Å²) in [5, 5.41) is 0. The fourth-order valence-electron chi connectivity index (χ4n) is 2.42. The molecule has 1 aliphatic rings. The molecule has 100 valence electrons. The first-order chi connectivity index (χ1) is 9.25. The quantitative estimate of drug-likeness (QED) is 0.841. The molecule has 0 radical (unpaired) electrons. The number of rotatable bonds is 2. The molecule has 1 aromatic carbocycles. The van der Waals surface area contributed by atoms with E-state index in [0.717, 1.165) is 37.7 Å². The van der Waals surface area contributed by atoms with Gasteiger partial charge < -0.3 is 9.80 Å². The summed E-state index contributed by atoms with van der Waals surface area (Å²) in [7, 11) is 2.17. The van der Waals surface area contributed by atoms with Crippen LogP contribution in [0.2, 0.25) is 0 Å². The van der Waals surface area contributed by atoms with Crippen LogP contribution in [0.5, 0.6) is 0 Å². The predicted molar refractivity (Wildman–Crippen MR) is 79.8 cm³/mol. The highest BCUT2D eigenvalue weighted by molar-refractivity contribution is 6.99. The monoisotopic (exact) mass is 274 g/mol. The van der Waals surface area contributed by atoms with Gasteiger partial charge in [0.1, 0.15) is 5.69 Å². The maximum absolute atomic E-state index is 4.52. The zero-order chi connectivity index (χ0) is 13.2. The van der Waals surface area contributed by atoms with Gasteiger partial charge in [-0.3, -0.25) is 0 Å². The first-order valence-electron chi connectivity index (χ1n) is 6.58. The van der Waals surface area contributed by atoms with Crippen LogP contribution in [0.3, 0.4) is 0 Å². The number of hydrogen-bond acceptors (Lipinski definition) is 5. The highest BCUT2D eigenvalue weighted by atomic mass is 32.1. The molecule has 1 saturated heterocycles. The van der Waals surface area contributed by atoms with E-state index in [4.69, 9.17) is 0 Å². The molecular weight excluding hydrogens is 256 g/mol. The summed E-state index contributed by atoms with van der Waals surface area (Å²) in [4.78, 5) is 4.70. The summed E-state index contributed by atoms with van der Waals surface area (Å²) in [6.07, 6.45) is 0. The van der Waals surface area contributed by atoms with Crippen molar-refractivity contribution in [3.05, 3.63) is 29.8 Å². The predicted octanol–water partition coefficient (Wildman–Crippen LogP) is 2.27. The molecule has 0 bridgehead atoms. The first kappa shape index (κ1) is 12.6. The van der Waals surface area contributed by atoms with Crippen molar-refractivity contribution in [2.75, 3.05) is 38.1 Å². The Morgan fingerprint density at radius 1 is 1.05 bits per heavy atom. The molecule has 0 N–H and O–H groups in total. The molecule has 3 rings (SSSR count). The maximum Gasteiger partial charge on any atom is 0.170 e. The molecule has 2 aromatic rings. The molecule has 1 aliphatic heterocycles. The van der Waals surface area contributed by atoms with Crippen LogP contribution in [0.15, 0.2) is 24.3 Å². The van der Waals surface area contributed by atoms with Crippen LogP contribution in [0.4, 0.5) is 5.82 Å². The van der Waals surface area contributed by atoms with Gasteiger partial charge in [-0.15, -0.1) is 0 Å². The number of benzene rings is 1. The van der Waals surface area contributed by atoms with Gasteiger partial charge in [-0.05, 0) is 19.5 Å². The van der Waals surface area contributed by atoms with Crippen LogP contribution in [-0.2, 0) is 0 Å². The summed E-state index contributed by atoms with van der Waals surface area (Å²) >= 11 is 1.31. The Balaban J connectivity index is 1.93. The van der Waals surface area contributed by atoms with Gasteiger partial charge in [0.2, 0.25) is 0 Å². The molecule has 0 unspecified atom stereocenters. The molecule has 1 aromatic heterocycles. The van der Waals surface area contributed by atoms with Crippen molar-refractivity contribution in [1.29, 1.82) is 0 Å². The van der Waals surface area contributed by atoms with Crippen LogP contribution >= 0.6 is 11.7 Å². The van der Waals surface area contributed by atoms with Crippen LogP contribution in [0.25, 0.3) is 11.3 Å². The molecule has 0 amide bonds. The van der Waals surface area contributed by atoms with Crippen LogP contribution < -0.4 is 4.90 Å². The van der Waals surface area contributed by atoms with Gasteiger partial charge >= 0.3 is 0 Å². The van der Waals surface area contributed by atoms with Crippen LogP contribution in [0.1, 0.15) is 5.56 Å². The van der Waals surface area contributed by atoms with E-state index in [1.807, 2.05) is 0 Å². The van der Waals surface area contributed by atoms with Gasteiger partial charge in [0.05, 0.1) is 11.7 Å². The molecule has 2 heterocycles. The topological polar surface area (TPSA) is 32.3 Å². The lowest BCUT2D eigenvalue weighted by Gasteiger charge is -2.32. The molecule has 4 nitrogen and oxygen atoms in total. The van der Waals surface area contributed by atoms with Crippen molar-refractivity contribution in [1.82, 2.24) is 13.6 Å². The summed E-state index contributed by atoms with van der Waals surface area (Å²) in [6.45, 7) is 6.36. The van der Waals surface area contributed by atoms with E-state index in [1.165, 1.54) is 22.9 Å². The third kappa shape index (κ3) is 2.48. The number of likely N-dealkylation sites (N-methyl/N-ethyl adjacent to an activating group) is 1. The molecule has 0 saturated carbocycles. The number of piperazine rings is 1. The minimum Gasteiger partial charge on any atom is -0.351 e. The lowest BCUT2D eigenvalue weighted by Crippen LogP contribution is -2.44. The van der Waals surface area contributed by atoms with Gasteiger partial charge in [-0.25, -0.2) is 0 Å². The number of aromatic nitrogens is 2. The van der Waals surface area contributed by atoms with Gasteiger partial charge in [-0.1, -0.05) is 24.3 Å². The smallest absolute Gasteiger partial charge is 0.170 e. The molecular formula is C14H18N4S. The van der Waals surface area contributed by atoms with E-state index in [-0.39, 0.29) is 0 Å². The lowest BCUT2D eigenvalue weighted by atomic mass is 10.1. The largest absolute Gasteiger partial charge is 0.351 e. The second kappa shape index (κ2) is 5.27.